The molecule has 0 radical (unpaired) electrons. The predicted octanol–water partition coefficient (Wildman–Crippen LogP) is 3.57. The van der Waals surface area contributed by atoms with Gasteiger partial charge in [-0.2, -0.15) is 4.98 Å². The van der Waals surface area contributed by atoms with Crippen molar-refractivity contribution in [2.75, 3.05) is 31.4 Å². The molecule has 1 aliphatic carbocycles. The molecule has 2 aromatic rings. The first-order valence-corrected chi connectivity index (χ1v) is 12.6. The van der Waals surface area contributed by atoms with Crippen LogP contribution in [0.4, 0.5) is 5.82 Å². The van der Waals surface area contributed by atoms with Gasteiger partial charge in [0.2, 0.25) is 0 Å². The van der Waals surface area contributed by atoms with Gasteiger partial charge in [0.05, 0.1) is 18.1 Å². The summed E-state index contributed by atoms with van der Waals surface area (Å²) in [4.78, 5) is 11.5. The maximum Gasteiger partial charge on any atom is 0.259 e. The van der Waals surface area contributed by atoms with Crippen molar-refractivity contribution in [1.82, 2.24) is 14.3 Å². The smallest absolute Gasteiger partial charge is 0.259 e. The summed E-state index contributed by atoms with van der Waals surface area (Å²) in [5, 5.41) is 0. The molecule has 8 heteroatoms. The topological polar surface area (TPSA) is 67.8 Å². The number of piperidine rings is 1. The van der Waals surface area contributed by atoms with Crippen molar-refractivity contribution in [2.24, 2.45) is 0 Å². The Bertz CT molecular complexity index is 868. The van der Waals surface area contributed by atoms with Gasteiger partial charge in [-0.15, -0.1) is 0 Å². The molecule has 4 rings (SSSR count). The third-order valence-corrected chi connectivity index (χ3v) is 7.30. The number of pyridine rings is 2. The Morgan fingerprint density at radius 3 is 2.58 bits per heavy atom. The number of aromatic nitrogens is 2. The molecule has 1 unspecified atom stereocenters. The molecule has 0 amide bonds. The first-order chi connectivity index (χ1) is 15.1. The van der Waals surface area contributed by atoms with Crippen LogP contribution in [0.5, 0.6) is 11.6 Å². The first-order valence-electron chi connectivity index (χ1n) is 11.1. The summed E-state index contributed by atoms with van der Waals surface area (Å²) in [6, 6.07) is 8.34. The van der Waals surface area contributed by atoms with Crippen LogP contribution in [-0.2, 0) is 17.5 Å². The fourth-order valence-electron chi connectivity index (χ4n) is 4.48. The van der Waals surface area contributed by atoms with Crippen molar-refractivity contribution in [2.45, 2.75) is 57.2 Å². The van der Waals surface area contributed by atoms with Crippen LogP contribution in [0, 0.1) is 0 Å². The molecule has 2 aliphatic rings. The summed E-state index contributed by atoms with van der Waals surface area (Å²) < 4.78 is 25.7. The van der Waals surface area contributed by atoms with Crippen LogP contribution in [0.25, 0.3) is 0 Å². The number of anilines is 1. The lowest BCUT2D eigenvalue weighted by molar-refractivity contribution is 0.192. The highest BCUT2D eigenvalue weighted by Crippen LogP contribution is 2.34. The van der Waals surface area contributed by atoms with Crippen LogP contribution in [0.2, 0.25) is 0 Å². The quantitative estimate of drug-likeness (QED) is 0.620. The molecule has 2 fully saturated rings. The summed E-state index contributed by atoms with van der Waals surface area (Å²) in [5.74, 6) is 2.14. The Morgan fingerprint density at radius 2 is 1.94 bits per heavy atom. The Labute approximate surface area is 187 Å². The number of hydrogen-bond donors (Lipinski definition) is 0. The lowest BCUT2D eigenvalue weighted by Gasteiger charge is -2.38. The third kappa shape index (κ3) is 5.54. The molecule has 3 heterocycles. The second-order valence-corrected chi connectivity index (χ2v) is 9.64. The summed E-state index contributed by atoms with van der Waals surface area (Å²) in [6.45, 7) is 2.35. The highest BCUT2D eigenvalue weighted by molar-refractivity contribution is 7.81. The first kappa shape index (κ1) is 22.0. The molecule has 1 saturated heterocycles. The van der Waals surface area contributed by atoms with Gasteiger partial charge in [-0.3, -0.25) is 4.98 Å². The molecule has 168 valence electrons. The van der Waals surface area contributed by atoms with Gasteiger partial charge in [-0.1, -0.05) is 6.07 Å². The van der Waals surface area contributed by atoms with Crippen LogP contribution in [0.15, 0.2) is 36.7 Å². The molecule has 7 nitrogen and oxygen atoms in total. The van der Waals surface area contributed by atoms with Gasteiger partial charge in [0.15, 0.2) is 5.75 Å². The molecule has 2 aromatic heterocycles. The second-order valence-electron chi connectivity index (χ2n) is 8.27. The normalized spacial score (nSPS) is 19.3. The number of nitrogens with zero attached hydrogens (tertiary/aromatic N) is 4. The molecule has 0 spiro atoms. The minimum atomic E-state index is -0.921. The summed E-state index contributed by atoms with van der Waals surface area (Å²) >= 11 is 0. The van der Waals surface area contributed by atoms with Crippen molar-refractivity contribution in [3.8, 4) is 11.6 Å². The van der Waals surface area contributed by atoms with Crippen molar-refractivity contribution in [3.05, 3.63) is 42.2 Å². The molecule has 1 saturated carbocycles. The standard InChI is InChI=1S/C23H32N4O3S/c1-29-21-9-10-22(25-23(21)30-20-7-3-4-8-20)27(17-18-6-5-13-24-16-18)19-11-14-26(15-12-19)31(2)28/h5-6,9-10,13,16,19-20H,3-4,7-8,11-12,14-15,17H2,1-2H3. The van der Waals surface area contributed by atoms with Crippen molar-refractivity contribution < 1.29 is 13.7 Å². The zero-order valence-corrected chi connectivity index (χ0v) is 19.2. The lowest BCUT2D eigenvalue weighted by Crippen LogP contribution is -2.45. The Kier molecular flexibility index (Phi) is 7.40. The van der Waals surface area contributed by atoms with Crippen LogP contribution in [-0.4, -0.2) is 57.1 Å². The maximum atomic E-state index is 11.9. The largest absolute Gasteiger partial charge is 0.491 e. The van der Waals surface area contributed by atoms with Gasteiger partial charge < -0.3 is 14.4 Å². The molecular weight excluding hydrogens is 412 g/mol. The molecule has 1 atom stereocenters. The molecule has 0 bridgehead atoms. The molecule has 0 N–H and O–H groups in total. The van der Waals surface area contributed by atoms with E-state index in [1.54, 1.807) is 19.6 Å². The molecule has 31 heavy (non-hydrogen) atoms. The number of hydrogen-bond acceptors (Lipinski definition) is 6. The van der Waals surface area contributed by atoms with Gasteiger partial charge in [-0.25, -0.2) is 8.51 Å². The van der Waals surface area contributed by atoms with Crippen LogP contribution < -0.4 is 14.4 Å². The Hall–Kier alpha value is -2.19. The van der Waals surface area contributed by atoms with E-state index in [1.807, 2.05) is 28.7 Å². The van der Waals surface area contributed by atoms with Crippen molar-refractivity contribution in [3.63, 3.8) is 0 Å². The average Bonchev–Trinajstić information content (AvgIpc) is 3.31. The SMILES string of the molecule is COc1ccc(N(Cc2cccnc2)C2CCN(S(C)=O)CC2)nc1OC1CCCC1. The van der Waals surface area contributed by atoms with E-state index in [1.165, 1.54) is 12.8 Å². The van der Waals surface area contributed by atoms with E-state index in [0.29, 0.717) is 17.7 Å². The summed E-state index contributed by atoms with van der Waals surface area (Å²) in [5.41, 5.74) is 1.14. The maximum absolute atomic E-state index is 11.9. The van der Waals surface area contributed by atoms with Gasteiger partial charge in [0.25, 0.3) is 5.88 Å². The zero-order valence-electron chi connectivity index (χ0n) is 18.4. The van der Waals surface area contributed by atoms with Gasteiger partial charge in [0, 0.05) is 44.3 Å². The highest BCUT2D eigenvalue weighted by Gasteiger charge is 2.28. The van der Waals surface area contributed by atoms with Gasteiger partial charge >= 0.3 is 0 Å². The van der Waals surface area contributed by atoms with E-state index in [2.05, 4.69) is 16.0 Å². The minimum Gasteiger partial charge on any atom is -0.491 e. The van der Waals surface area contributed by atoms with E-state index in [-0.39, 0.29) is 6.10 Å². The summed E-state index contributed by atoms with van der Waals surface area (Å²) in [6.07, 6.45) is 12.1. The van der Waals surface area contributed by atoms with Gasteiger partial charge in [0.1, 0.15) is 11.9 Å². The highest BCUT2D eigenvalue weighted by atomic mass is 32.2. The third-order valence-electron chi connectivity index (χ3n) is 6.21. The number of rotatable bonds is 8. The van der Waals surface area contributed by atoms with E-state index >= 15 is 0 Å². The van der Waals surface area contributed by atoms with E-state index in [4.69, 9.17) is 14.5 Å². The van der Waals surface area contributed by atoms with Crippen LogP contribution >= 0.6 is 0 Å². The number of methoxy groups -OCH3 is 1. The fourth-order valence-corrected chi connectivity index (χ4v) is 5.20. The van der Waals surface area contributed by atoms with Crippen LogP contribution in [0.3, 0.4) is 0 Å². The molecular formula is C23H32N4O3S. The average molecular weight is 445 g/mol. The van der Waals surface area contributed by atoms with Crippen LogP contribution in [0.1, 0.15) is 44.1 Å². The zero-order chi connectivity index (χ0) is 21.6. The molecule has 0 aromatic carbocycles. The summed E-state index contributed by atoms with van der Waals surface area (Å²) in [7, 11) is 0.738. The fraction of sp³-hybridized carbons (Fsp3) is 0.565. The molecule has 1 aliphatic heterocycles. The Balaban J connectivity index is 1.60. The lowest BCUT2D eigenvalue weighted by atomic mass is 10.0. The van der Waals surface area contributed by atoms with Crippen molar-refractivity contribution in [1.29, 1.82) is 0 Å². The number of ether oxygens (including phenoxy) is 2. The van der Waals surface area contributed by atoms with E-state index in [9.17, 15) is 4.21 Å². The monoisotopic (exact) mass is 444 g/mol. The van der Waals surface area contributed by atoms with E-state index < -0.39 is 11.0 Å². The van der Waals surface area contributed by atoms with E-state index in [0.717, 1.165) is 56.7 Å². The second kappa shape index (κ2) is 10.4. The predicted molar refractivity (Wildman–Crippen MR) is 123 cm³/mol. The Morgan fingerprint density at radius 1 is 1.16 bits per heavy atom. The van der Waals surface area contributed by atoms with Gasteiger partial charge in [-0.05, 0) is 62.3 Å². The van der Waals surface area contributed by atoms with Crippen molar-refractivity contribution >= 4 is 16.8 Å². The minimum absolute atomic E-state index is 0.214.